The molecule has 2 aliphatic rings. The van der Waals surface area contributed by atoms with E-state index in [2.05, 4.69) is 43.2 Å². The van der Waals surface area contributed by atoms with Crippen molar-refractivity contribution in [3.05, 3.63) is 0 Å². The molecule has 1 atom stereocenters. The summed E-state index contributed by atoms with van der Waals surface area (Å²) in [6.45, 7) is 14.0. The fourth-order valence-electron chi connectivity index (χ4n) is 3.51. The second-order valence-electron chi connectivity index (χ2n) is 7.96. The Balaban J connectivity index is 1.73. The Morgan fingerprint density at radius 3 is 2.65 bits per heavy atom. The molecule has 2 N–H and O–H groups in total. The molecular weight excluding hydrogens is 250 g/mol. The van der Waals surface area contributed by atoms with Gasteiger partial charge < -0.3 is 15.5 Å². The second-order valence-corrected chi connectivity index (χ2v) is 7.96. The van der Waals surface area contributed by atoms with Gasteiger partial charge in [0.25, 0.3) is 0 Å². The van der Waals surface area contributed by atoms with Crippen LogP contribution in [0, 0.1) is 10.8 Å². The number of nitrogens with one attached hydrogen (secondary N) is 2. The third-order valence-electron chi connectivity index (χ3n) is 4.87. The van der Waals surface area contributed by atoms with E-state index in [1.807, 2.05) is 0 Å². The number of carbonyl (C=O) groups excluding carboxylic acids is 1. The van der Waals surface area contributed by atoms with Gasteiger partial charge in [0.1, 0.15) is 0 Å². The van der Waals surface area contributed by atoms with Crippen LogP contribution in [-0.4, -0.2) is 49.6 Å². The van der Waals surface area contributed by atoms with E-state index in [0.717, 1.165) is 39.1 Å². The minimum Gasteiger partial charge on any atom is -0.353 e. The quantitative estimate of drug-likeness (QED) is 0.823. The molecule has 0 aromatic heterocycles. The number of piperidine rings is 1. The van der Waals surface area contributed by atoms with Crippen LogP contribution in [-0.2, 0) is 4.79 Å². The Labute approximate surface area is 123 Å². The van der Waals surface area contributed by atoms with Gasteiger partial charge in [-0.3, -0.25) is 4.79 Å². The average Bonchev–Trinajstić information content (AvgIpc) is 2.68. The van der Waals surface area contributed by atoms with Gasteiger partial charge in [0.2, 0.25) is 5.91 Å². The van der Waals surface area contributed by atoms with Crippen molar-refractivity contribution in [2.75, 3.05) is 32.7 Å². The maximum absolute atomic E-state index is 12.3. The molecule has 2 saturated heterocycles. The molecule has 0 spiro atoms. The van der Waals surface area contributed by atoms with E-state index in [1.165, 1.54) is 12.8 Å². The molecule has 2 heterocycles. The van der Waals surface area contributed by atoms with E-state index in [0.29, 0.717) is 5.41 Å². The monoisotopic (exact) mass is 281 g/mol. The molecular formula is C16H31N3O. The Morgan fingerprint density at radius 2 is 2.05 bits per heavy atom. The van der Waals surface area contributed by atoms with Crippen LogP contribution < -0.4 is 10.6 Å². The van der Waals surface area contributed by atoms with Gasteiger partial charge in [-0.1, -0.05) is 27.7 Å². The van der Waals surface area contributed by atoms with E-state index in [9.17, 15) is 4.79 Å². The highest BCUT2D eigenvalue weighted by Crippen LogP contribution is 2.30. The number of hydrogen-bond acceptors (Lipinski definition) is 3. The first-order chi connectivity index (χ1) is 9.30. The van der Waals surface area contributed by atoms with Crippen molar-refractivity contribution in [2.24, 2.45) is 10.8 Å². The van der Waals surface area contributed by atoms with Gasteiger partial charge in [-0.15, -0.1) is 0 Å². The van der Waals surface area contributed by atoms with Crippen molar-refractivity contribution in [1.29, 1.82) is 0 Å². The molecule has 4 nitrogen and oxygen atoms in total. The lowest BCUT2D eigenvalue weighted by Gasteiger charge is -2.38. The smallest absolute Gasteiger partial charge is 0.237 e. The number of likely N-dealkylation sites (tertiary alicyclic amines) is 1. The summed E-state index contributed by atoms with van der Waals surface area (Å²) in [6, 6.07) is -0.0359. The molecule has 4 heteroatoms. The third-order valence-corrected chi connectivity index (χ3v) is 4.87. The fourth-order valence-corrected chi connectivity index (χ4v) is 3.51. The lowest BCUT2D eigenvalue weighted by molar-refractivity contribution is -0.126. The minimum atomic E-state index is -0.0359. The maximum Gasteiger partial charge on any atom is 0.237 e. The summed E-state index contributed by atoms with van der Waals surface area (Å²) < 4.78 is 0. The predicted molar refractivity (Wildman–Crippen MR) is 82.7 cm³/mol. The van der Waals surface area contributed by atoms with Crippen LogP contribution in [0.25, 0.3) is 0 Å². The van der Waals surface area contributed by atoms with Crippen LogP contribution in [0.5, 0.6) is 0 Å². The predicted octanol–water partition coefficient (Wildman–Crippen LogP) is 1.61. The largest absolute Gasteiger partial charge is 0.353 e. The van der Waals surface area contributed by atoms with E-state index < -0.39 is 0 Å². The van der Waals surface area contributed by atoms with Crippen LogP contribution >= 0.6 is 0 Å². The van der Waals surface area contributed by atoms with E-state index in [4.69, 9.17) is 0 Å². The van der Waals surface area contributed by atoms with Crippen molar-refractivity contribution in [3.8, 4) is 0 Å². The summed E-state index contributed by atoms with van der Waals surface area (Å²) in [5, 5.41) is 6.49. The van der Waals surface area contributed by atoms with E-state index >= 15 is 0 Å². The first-order valence-electron chi connectivity index (χ1n) is 8.04. The zero-order valence-electron chi connectivity index (χ0n) is 13.6. The van der Waals surface area contributed by atoms with E-state index in [1.54, 1.807) is 0 Å². The second kappa shape index (κ2) is 6.02. The Hall–Kier alpha value is -0.610. The number of nitrogens with zero attached hydrogens (tertiary/aromatic N) is 1. The van der Waals surface area contributed by atoms with Crippen LogP contribution in [0.4, 0.5) is 0 Å². The molecule has 2 aliphatic heterocycles. The molecule has 0 saturated carbocycles. The summed E-state index contributed by atoms with van der Waals surface area (Å²) in [7, 11) is 0. The normalized spacial score (nSPS) is 29.3. The highest BCUT2D eigenvalue weighted by molar-refractivity contribution is 5.82. The highest BCUT2D eigenvalue weighted by atomic mass is 16.2. The van der Waals surface area contributed by atoms with Gasteiger partial charge in [0.05, 0.1) is 6.04 Å². The van der Waals surface area contributed by atoms with Gasteiger partial charge in [-0.2, -0.15) is 0 Å². The standard InChI is InChI=1S/C16H31N3O/c1-15(2)7-10-19(12-15)11-9-18-14(20)13-16(3,4)6-5-8-17-13/h13,17H,5-12H2,1-4H3,(H,18,20). The Morgan fingerprint density at radius 1 is 1.30 bits per heavy atom. The van der Waals surface area contributed by atoms with Crippen LogP contribution in [0.15, 0.2) is 0 Å². The molecule has 0 aromatic rings. The van der Waals surface area contributed by atoms with Gasteiger partial charge in [-0.25, -0.2) is 0 Å². The first-order valence-corrected chi connectivity index (χ1v) is 8.04. The average molecular weight is 281 g/mol. The zero-order valence-corrected chi connectivity index (χ0v) is 13.6. The highest BCUT2D eigenvalue weighted by Gasteiger charge is 2.37. The number of carbonyl (C=O) groups is 1. The lowest BCUT2D eigenvalue weighted by atomic mass is 9.77. The zero-order chi connectivity index (χ0) is 14.8. The van der Waals surface area contributed by atoms with Gasteiger partial charge >= 0.3 is 0 Å². The van der Waals surface area contributed by atoms with Gasteiger partial charge in [0, 0.05) is 19.6 Å². The molecule has 0 aromatic carbocycles. The Kier molecular flexibility index (Phi) is 4.75. The number of rotatable bonds is 4. The topological polar surface area (TPSA) is 44.4 Å². The molecule has 0 aliphatic carbocycles. The van der Waals surface area contributed by atoms with Crippen molar-refractivity contribution < 1.29 is 4.79 Å². The van der Waals surface area contributed by atoms with Crippen molar-refractivity contribution in [1.82, 2.24) is 15.5 Å². The molecule has 20 heavy (non-hydrogen) atoms. The van der Waals surface area contributed by atoms with Crippen molar-refractivity contribution >= 4 is 5.91 Å². The summed E-state index contributed by atoms with van der Waals surface area (Å²) in [6.07, 6.45) is 3.55. The first kappa shape index (κ1) is 15.8. The maximum atomic E-state index is 12.3. The summed E-state index contributed by atoms with van der Waals surface area (Å²) in [5.41, 5.74) is 0.509. The molecule has 0 bridgehead atoms. The molecule has 1 amide bonds. The van der Waals surface area contributed by atoms with E-state index in [-0.39, 0.29) is 17.4 Å². The molecule has 1 unspecified atom stereocenters. The minimum absolute atomic E-state index is 0.0359. The van der Waals surface area contributed by atoms with Crippen molar-refractivity contribution in [2.45, 2.75) is 53.0 Å². The summed E-state index contributed by atoms with van der Waals surface area (Å²) >= 11 is 0. The van der Waals surface area contributed by atoms with Gasteiger partial charge in [0.15, 0.2) is 0 Å². The van der Waals surface area contributed by atoms with Crippen LogP contribution in [0.3, 0.4) is 0 Å². The SMILES string of the molecule is CC1(C)CCN(CCNC(=O)C2NCCCC2(C)C)C1. The van der Waals surface area contributed by atoms with Gasteiger partial charge in [-0.05, 0) is 43.2 Å². The molecule has 0 radical (unpaired) electrons. The molecule has 116 valence electrons. The number of amides is 1. The third kappa shape index (κ3) is 3.95. The molecule has 2 fully saturated rings. The Bertz CT molecular complexity index is 352. The number of hydrogen-bond donors (Lipinski definition) is 2. The fraction of sp³-hybridized carbons (Fsp3) is 0.938. The van der Waals surface area contributed by atoms with Crippen LogP contribution in [0.2, 0.25) is 0 Å². The van der Waals surface area contributed by atoms with Crippen molar-refractivity contribution in [3.63, 3.8) is 0 Å². The summed E-state index contributed by atoms with van der Waals surface area (Å²) in [5.74, 6) is 0.174. The summed E-state index contributed by atoms with van der Waals surface area (Å²) in [4.78, 5) is 14.8. The van der Waals surface area contributed by atoms with Crippen LogP contribution in [0.1, 0.15) is 47.0 Å². The molecule has 2 rings (SSSR count). The lowest BCUT2D eigenvalue weighted by Crippen LogP contribution is -2.56.